The summed E-state index contributed by atoms with van der Waals surface area (Å²) in [6.45, 7) is 0.641. The molecule has 146 valence electrons. The Morgan fingerprint density at radius 3 is 1.69 bits per heavy atom. The lowest BCUT2D eigenvalue weighted by Crippen LogP contribution is -2.33. The van der Waals surface area contributed by atoms with Crippen LogP contribution in [0.4, 0.5) is 0 Å². The molecule has 0 heterocycles. The molecule has 3 aromatic carbocycles. The third-order valence-electron chi connectivity index (χ3n) is 6.84. The summed E-state index contributed by atoms with van der Waals surface area (Å²) < 4.78 is 6.87. The zero-order valence-electron chi connectivity index (χ0n) is 16.6. The quantitative estimate of drug-likeness (QED) is 0.486. The molecule has 0 aliphatic heterocycles. The molecule has 0 saturated heterocycles. The van der Waals surface area contributed by atoms with Gasteiger partial charge in [0.1, 0.15) is 11.4 Å². The molecule has 2 aliphatic carbocycles. The zero-order chi connectivity index (χ0) is 19.7. The summed E-state index contributed by atoms with van der Waals surface area (Å²) in [4.78, 5) is 11.9. The van der Waals surface area contributed by atoms with Crippen molar-refractivity contribution in [3.05, 3.63) is 108 Å². The Morgan fingerprint density at radius 1 is 0.793 bits per heavy atom. The molecule has 2 nitrogen and oxygen atoms in total. The van der Waals surface area contributed by atoms with E-state index in [1.54, 1.807) is 0 Å². The van der Waals surface area contributed by atoms with Crippen LogP contribution in [0, 0.1) is 11.3 Å². The minimum absolute atomic E-state index is 0.215. The predicted octanol–water partition coefficient (Wildman–Crippen LogP) is 5.75. The summed E-state index contributed by atoms with van der Waals surface area (Å²) in [5, 5.41) is 0. The molecular formula is C27H26O2. The predicted molar refractivity (Wildman–Crippen MR) is 115 cm³/mol. The van der Waals surface area contributed by atoms with Crippen molar-refractivity contribution in [2.24, 2.45) is 11.3 Å². The van der Waals surface area contributed by atoms with Crippen LogP contribution in [0.1, 0.15) is 42.4 Å². The number of carbonyl (C=O) groups is 1. The minimum Gasteiger partial charge on any atom is -0.361 e. The molecule has 3 aromatic rings. The van der Waals surface area contributed by atoms with Gasteiger partial charge in [-0.25, -0.2) is 0 Å². The molecule has 0 amide bonds. The van der Waals surface area contributed by atoms with Gasteiger partial charge in [-0.1, -0.05) is 91.0 Å². The highest BCUT2D eigenvalue weighted by atomic mass is 16.5. The van der Waals surface area contributed by atoms with E-state index < -0.39 is 5.60 Å². The van der Waals surface area contributed by atoms with Gasteiger partial charge >= 0.3 is 0 Å². The number of benzene rings is 3. The van der Waals surface area contributed by atoms with Crippen LogP contribution in [0.15, 0.2) is 91.0 Å². The highest BCUT2D eigenvalue weighted by Gasteiger charge is 2.59. The van der Waals surface area contributed by atoms with Gasteiger partial charge in [0.15, 0.2) is 0 Å². The lowest BCUT2D eigenvalue weighted by Gasteiger charge is -2.36. The van der Waals surface area contributed by atoms with Crippen molar-refractivity contribution in [1.29, 1.82) is 0 Å². The van der Waals surface area contributed by atoms with Crippen LogP contribution in [-0.2, 0) is 15.1 Å². The van der Waals surface area contributed by atoms with Crippen LogP contribution in [-0.4, -0.2) is 12.4 Å². The SMILES string of the molecule is O=C1C[C@H]2C[C@@]2(CCOC(c2ccccc2)(c2ccccc2)c2ccccc2)C1. The number of fused-ring (bicyclic) bond motifs is 1. The first-order valence-electron chi connectivity index (χ1n) is 10.6. The van der Waals surface area contributed by atoms with Gasteiger partial charge < -0.3 is 4.74 Å². The van der Waals surface area contributed by atoms with Crippen molar-refractivity contribution in [3.8, 4) is 0 Å². The largest absolute Gasteiger partial charge is 0.361 e. The van der Waals surface area contributed by atoms with Gasteiger partial charge in [-0.05, 0) is 40.9 Å². The van der Waals surface area contributed by atoms with E-state index in [0.29, 0.717) is 18.3 Å². The number of hydrogen-bond donors (Lipinski definition) is 0. The molecule has 2 fully saturated rings. The standard InChI is InChI=1S/C27H26O2/c28-25-18-24-19-26(24,20-25)16-17-29-27(21-10-4-1-5-11-21,22-12-6-2-7-13-22)23-14-8-3-9-15-23/h1-15,24H,16-20H2/t24-,26-/m0/s1. The fourth-order valence-electron chi connectivity index (χ4n) is 5.25. The topological polar surface area (TPSA) is 26.3 Å². The first-order valence-corrected chi connectivity index (χ1v) is 10.6. The maximum atomic E-state index is 11.9. The highest BCUT2D eigenvalue weighted by Crippen LogP contribution is 2.64. The number of rotatable bonds is 7. The summed E-state index contributed by atoms with van der Waals surface area (Å²) in [7, 11) is 0. The Labute approximate surface area is 172 Å². The van der Waals surface area contributed by atoms with Crippen molar-refractivity contribution < 1.29 is 9.53 Å². The molecule has 2 saturated carbocycles. The van der Waals surface area contributed by atoms with Crippen LogP contribution >= 0.6 is 0 Å². The van der Waals surface area contributed by atoms with Crippen LogP contribution in [0.5, 0.6) is 0 Å². The van der Waals surface area contributed by atoms with Gasteiger partial charge in [-0.15, -0.1) is 0 Å². The molecule has 0 aromatic heterocycles. The third kappa shape index (κ3) is 3.22. The molecule has 2 heteroatoms. The third-order valence-corrected chi connectivity index (χ3v) is 6.84. The second-order valence-corrected chi connectivity index (χ2v) is 8.56. The van der Waals surface area contributed by atoms with E-state index in [1.807, 2.05) is 18.2 Å². The average molecular weight is 383 g/mol. The molecule has 0 radical (unpaired) electrons. The summed E-state index contributed by atoms with van der Waals surface area (Å²) in [6.07, 6.45) is 3.67. The maximum Gasteiger partial charge on any atom is 0.143 e. The normalized spacial score (nSPS) is 23.0. The number of carbonyl (C=O) groups excluding carboxylic acids is 1. The van der Waals surface area contributed by atoms with E-state index in [9.17, 15) is 4.79 Å². The average Bonchev–Trinajstić information content (AvgIpc) is 3.33. The lowest BCUT2D eigenvalue weighted by molar-refractivity contribution is -0.118. The fraction of sp³-hybridized carbons (Fsp3) is 0.296. The molecular weight excluding hydrogens is 356 g/mol. The van der Waals surface area contributed by atoms with Gasteiger partial charge in [-0.2, -0.15) is 0 Å². The van der Waals surface area contributed by atoms with Gasteiger partial charge in [-0.3, -0.25) is 4.79 Å². The first kappa shape index (κ1) is 18.3. The number of ether oxygens (including phenoxy) is 1. The Hall–Kier alpha value is -2.71. The molecule has 0 unspecified atom stereocenters. The van der Waals surface area contributed by atoms with E-state index in [0.717, 1.165) is 36.0 Å². The van der Waals surface area contributed by atoms with Crippen LogP contribution < -0.4 is 0 Å². The van der Waals surface area contributed by atoms with E-state index in [2.05, 4.69) is 72.8 Å². The molecule has 29 heavy (non-hydrogen) atoms. The Kier molecular flexibility index (Phi) is 4.60. The summed E-state index contributed by atoms with van der Waals surface area (Å²) in [5.41, 5.74) is 2.94. The van der Waals surface area contributed by atoms with Crippen LogP contribution in [0.25, 0.3) is 0 Å². The van der Waals surface area contributed by atoms with Crippen molar-refractivity contribution in [2.75, 3.05) is 6.61 Å². The summed E-state index contributed by atoms with van der Waals surface area (Å²) >= 11 is 0. The second kappa shape index (κ2) is 7.27. The van der Waals surface area contributed by atoms with Gasteiger partial charge in [0.25, 0.3) is 0 Å². The molecule has 0 spiro atoms. The summed E-state index contributed by atoms with van der Waals surface area (Å²) in [6, 6.07) is 31.5. The molecule has 0 bridgehead atoms. The Morgan fingerprint density at radius 2 is 1.28 bits per heavy atom. The zero-order valence-corrected chi connectivity index (χ0v) is 16.6. The first-order chi connectivity index (χ1) is 14.2. The van der Waals surface area contributed by atoms with Crippen molar-refractivity contribution in [3.63, 3.8) is 0 Å². The lowest BCUT2D eigenvalue weighted by atomic mass is 9.80. The molecule has 2 atom stereocenters. The number of ketones is 1. The second-order valence-electron chi connectivity index (χ2n) is 8.56. The van der Waals surface area contributed by atoms with Gasteiger partial charge in [0, 0.05) is 19.4 Å². The smallest absolute Gasteiger partial charge is 0.143 e. The van der Waals surface area contributed by atoms with Gasteiger partial charge in [0.05, 0.1) is 0 Å². The number of hydrogen-bond acceptors (Lipinski definition) is 2. The van der Waals surface area contributed by atoms with E-state index in [-0.39, 0.29) is 5.41 Å². The monoisotopic (exact) mass is 382 g/mol. The Bertz CT molecular complexity index is 884. The molecule has 0 N–H and O–H groups in total. The molecule has 5 rings (SSSR count). The maximum absolute atomic E-state index is 11.9. The Balaban J connectivity index is 1.54. The fourth-order valence-corrected chi connectivity index (χ4v) is 5.25. The van der Waals surface area contributed by atoms with Gasteiger partial charge in [0.2, 0.25) is 0 Å². The van der Waals surface area contributed by atoms with Crippen LogP contribution in [0.2, 0.25) is 0 Å². The van der Waals surface area contributed by atoms with Crippen molar-refractivity contribution >= 4 is 5.78 Å². The minimum atomic E-state index is -0.659. The van der Waals surface area contributed by atoms with E-state index in [4.69, 9.17) is 4.74 Å². The van der Waals surface area contributed by atoms with Crippen molar-refractivity contribution in [2.45, 2.75) is 31.3 Å². The van der Waals surface area contributed by atoms with Crippen molar-refractivity contribution in [1.82, 2.24) is 0 Å². The van der Waals surface area contributed by atoms with E-state index in [1.165, 1.54) is 6.42 Å². The molecule has 2 aliphatic rings. The van der Waals surface area contributed by atoms with Crippen LogP contribution in [0.3, 0.4) is 0 Å². The number of Topliss-reactive ketones (excluding diaryl/α,β-unsaturated/α-hetero) is 1. The van der Waals surface area contributed by atoms with E-state index >= 15 is 0 Å². The highest BCUT2D eigenvalue weighted by molar-refractivity contribution is 5.83. The summed E-state index contributed by atoms with van der Waals surface area (Å²) in [5.74, 6) is 1.03.